The number of hydrogen-bond acceptors (Lipinski definition) is 2. The predicted octanol–water partition coefficient (Wildman–Crippen LogP) is 2.84. The van der Waals surface area contributed by atoms with Crippen molar-refractivity contribution in [1.29, 1.82) is 0 Å². The minimum atomic E-state index is 0.283. The molecule has 3 heteroatoms. The second-order valence-corrected chi connectivity index (χ2v) is 7.02. The lowest BCUT2D eigenvalue weighted by molar-refractivity contribution is 0.239. The van der Waals surface area contributed by atoms with Crippen LogP contribution >= 0.6 is 0 Å². The van der Waals surface area contributed by atoms with Gasteiger partial charge >= 0.3 is 0 Å². The summed E-state index contributed by atoms with van der Waals surface area (Å²) in [6.07, 6.45) is 3.31. The molecule has 90 valence electrons. The van der Waals surface area contributed by atoms with Crippen LogP contribution in [-0.4, -0.2) is 14.8 Å². The van der Waals surface area contributed by atoms with Gasteiger partial charge in [0.25, 0.3) is 0 Å². The molecule has 0 radical (unpaired) electrons. The summed E-state index contributed by atoms with van der Waals surface area (Å²) >= 11 is 0. The van der Waals surface area contributed by atoms with E-state index in [-0.39, 0.29) is 5.41 Å². The smallest absolute Gasteiger partial charge is 0.133 e. The van der Waals surface area contributed by atoms with Crippen molar-refractivity contribution in [3.05, 3.63) is 11.6 Å². The molecule has 1 aromatic rings. The summed E-state index contributed by atoms with van der Waals surface area (Å²) in [5.74, 6) is 2.34. The molecule has 0 aromatic carbocycles. The number of fused-ring (bicyclic) bond motifs is 1. The highest BCUT2D eigenvalue weighted by Gasteiger charge is 2.29. The third kappa shape index (κ3) is 2.45. The van der Waals surface area contributed by atoms with Gasteiger partial charge in [0.05, 0.1) is 0 Å². The van der Waals surface area contributed by atoms with E-state index in [2.05, 4.69) is 49.4 Å². The lowest BCUT2D eigenvalue weighted by Crippen LogP contribution is -2.29. The lowest BCUT2D eigenvalue weighted by atomic mass is 9.84. The van der Waals surface area contributed by atoms with Crippen molar-refractivity contribution in [2.75, 3.05) is 0 Å². The number of aromatic nitrogens is 3. The highest BCUT2D eigenvalue weighted by atomic mass is 15.3. The molecule has 1 aliphatic rings. The standard InChI is InChI=1S/C13H23N3/c1-12(2,3)8-11-15-14-10-6-7-13(4,5)9-16(10)11/h6-9H2,1-5H3. The quantitative estimate of drug-likeness (QED) is 0.730. The van der Waals surface area contributed by atoms with Crippen molar-refractivity contribution in [2.24, 2.45) is 10.8 Å². The SMILES string of the molecule is CC(C)(C)Cc1nnc2n1CC(C)(C)CC2. The van der Waals surface area contributed by atoms with E-state index in [0.717, 1.165) is 25.2 Å². The van der Waals surface area contributed by atoms with Gasteiger partial charge in [-0.1, -0.05) is 34.6 Å². The number of rotatable bonds is 1. The zero-order valence-corrected chi connectivity index (χ0v) is 11.2. The maximum absolute atomic E-state index is 4.36. The topological polar surface area (TPSA) is 30.7 Å². The van der Waals surface area contributed by atoms with Crippen LogP contribution in [0.5, 0.6) is 0 Å². The fraction of sp³-hybridized carbons (Fsp3) is 0.846. The van der Waals surface area contributed by atoms with Crippen molar-refractivity contribution in [2.45, 2.75) is 60.4 Å². The summed E-state index contributed by atoms with van der Waals surface area (Å²) in [4.78, 5) is 0. The van der Waals surface area contributed by atoms with Gasteiger partial charge in [0.2, 0.25) is 0 Å². The van der Waals surface area contributed by atoms with Crippen LogP contribution in [0.4, 0.5) is 0 Å². The maximum atomic E-state index is 4.36. The first-order valence-corrected chi connectivity index (χ1v) is 6.18. The van der Waals surface area contributed by atoms with E-state index in [1.807, 2.05) is 0 Å². The monoisotopic (exact) mass is 221 g/mol. The van der Waals surface area contributed by atoms with Gasteiger partial charge in [-0.2, -0.15) is 0 Å². The Morgan fingerprint density at radius 2 is 1.94 bits per heavy atom. The van der Waals surface area contributed by atoms with E-state index in [4.69, 9.17) is 0 Å². The Labute approximate surface area is 98.3 Å². The van der Waals surface area contributed by atoms with Crippen LogP contribution in [-0.2, 0) is 19.4 Å². The van der Waals surface area contributed by atoms with Crippen LogP contribution in [0.15, 0.2) is 0 Å². The Balaban J connectivity index is 2.27. The summed E-state index contributed by atoms with van der Waals surface area (Å²) in [7, 11) is 0. The molecule has 0 N–H and O–H groups in total. The molecule has 0 atom stereocenters. The number of aryl methyl sites for hydroxylation is 1. The third-order valence-electron chi connectivity index (χ3n) is 3.20. The molecule has 3 nitrogen and oxygen atoms in total. The average molecular weight is 221 g/mol. The Morgan fingerprint density at radius 1 is 1.25 bits per heavy atom. The molecule has 0 aliphatic carbocycles. The molecule has 1 aromatic heterocycles. The molecule has 0 bridgehead atoms. The van der Waals surface area contributed by atoms with Gasteiger partial charge in [-0.05, 0) is 17.3 Å². The Kier molecular flexibility index (Phi) is 2.59. The second kappa shape index (κ2) is 3.57. The first-order valence-electron chi connectivity index (χ1n) is 6.18. The van der Waals surface area contributed by atoms with Crippen molar-refractivity contribution >= 4 is 0 Å². The van der Waals surface area contributed by atoms with Crippen LogP contribution in [0.25, 0.3) is 0 Å². The molecule has 2 rings (SSSR count). The van der Waals surface area contributed by atoms with Crippen LogP contribution in [0.3, 0.4) is 0 Å². The van der Waals surface area contributed by atoms with E-state index >= 15 is 0 Å². The lowest BCUT2D eigenvalue weighted by Gasteiger charge is -2.31. The molecule has 0 saturated carbocycles. The van der Waals surface area contributed by atoms with Crippen LogP contribution in [0.2, 0.25) is 0 Å². The normalized spacial score (nSPS) is 19.6. The van der Waals surface area contributed by atoms with Gasteiger partial charge in [-0.3, -0.25) is 0 Å². The van der Waals surface area contributed by atoms with Crippen LogP contribution in [0.1, 0.15) is 52.7 Å². The summed E-state index contributed by atoms with van der Waals surface area (Å²) in [6.45, 7) is 12.5. The summed E-state index contributed by atoms with van der Waals surface area (Å²) in [6, 6.07) is 0. The number of nitrogens with zero attached hydrogens (tertiary/aromatic N) is 3. The van der Waals surface area contributed by atoms with E-state index in [1.165, 1.54) is 12.2 Å². The molecule has 0 amide bonds. The average Bonchev–Trinajstić information content (AvgIpc) is 2.44. The van der Waals surface area contributed by atoms with E-state index < -0.39 is 0 Å². The van der Waals surface area contributed by atoms with Crippen molar-refractivity contribution < 1.29 is 0 Å². The third-order valence-corrected chi connectivity index (χ3v) is 3.20. The summed E-state index contributed by atoms with van der Waals surface area (Å²) in [5.41, 5.74) is 0.674. The minimum absolute atomic E-state index is 0.283. The van der Waals surface area contributed by atoms with E-state index in [0.29, 0.717) is 5.41 Å². The number of hydrogen-bond donors (Lipinski definition) is 0. The van der Waals surface area contributed by atoms with Crippen LogP contribution in [0, 0.1) is 10.8 Å². The summed E-state index contributed by atoms with van der Waals surface area (Å²) in [5, 5.41) is 8.68. The van der Waals surface area contributed by atoms with Gasteiger partial charge in [-0.25, -0.2) is 0 Å². The van der Waals surface area contributed by atoms with Crippen LogP contribution < -0.4 is 0 Å². The molecule has 0 saturated heterocycles. The van der Waals surface area contributed by atoms with Crippen molar-refractivity contribution in [3.63, 3.8) is 0 Å². The molecule has 0 unspecified atom stereocenters. The molecule has 1 aliphatic heterocycles. The van der Waals surface area contributed by atoms with Crippen molar-refractivity contribution in [1.82, 2.24) is 14.8 Å². The van der Waals surface area contributed by atoms with E-state index in [9.17, 15) is 0 Å². The van der Waals surface area contributed by atoms with Gasteiger partial charge in [-0.15, -0.1) is 10.2 Å². The van der Waals surface area contributed by atoms with E-state index in [1.54, 1.807) is 0 Å². The highest BCUT2D eigenvalue weighted by molar-refractivity contribution is 5.03. The predicted molar refractivity (Wildman–Crippen MR) is 65.3 cm³/mol. The molecule has 16 heavy (non-hydrogen) atoms. The van der Waals surface area contributed by atoms with Gasteiger partial charge < -0.3 is 4.57 Å². The molecule has 0 spiro atoms. The molecular weight excluding hydrogens is 198 g/mol. The highest BCUT2D eigenvalue weighted by Crippen LogP contribution is 2.31. The minimum Gasteiger partial charge on any atom is -0.314 e. The van der Waals surface area contributed by atoms with Gasteiger partial charge in [0.15, 0.2) is 0 Å². The molecule has 2 heterocycles. The first-order chi connectivity index (χ1) is 7.27. The zero-order chi connectivity index (χ0) is 12.0. The summed E-state index contributed by atoms with van der Waals surface area (Å²) < 4.78 is 2.34. The Bertz CT molecular complexity index is 382. The van der Waals surface area contributed by atoms with Gasteiger partial charge in [0, 0.05) is 19.4 Å². The Hall–Kier alpha value is -0.860. The fourth-order valence-corrected chi connectivity index (χ4v) is 2.30. The largest absolute Gasteiger partial charge is 0.314 e. The first kappa shape index (κ1) is 11.6. The van der Waals surface area contributed by atoms with Gasteiger partial charge in [0.1, 0.15) is 11.6 Å². The molecular formula is C13H23N3. The maximum Gasteiger partial charge on any atom is 0.133 e. The zero-order valence-electron chi connectivity index (χ0n) is 11.2. The second-order valence-electron chi connectivity index (χ2n) is 7.02. The fourth-order valence-electron chi connectivity index (χ4n) is 2.30. The Morgan fingerprint density at radius 3 is 2.56 bits per heavy atom. The van der Waals surface area contributed by atoms with Crippen molar-refractivity contribution in [3.8, 4) is 0 Å². The molecule has 0 fully saturated rings.